The minimum absolute atomic E-state index is 0.149. The lowest BCUT2D eigenvalue weighted by atomic mass is 10.0. The van der Waals surface area contributed by atoms with E-state index in [0.29, 0.717) is 5.56 Å². The molecule has 4 nitrogen and oxygen atoms in total. The number of hydrogen-bond donors (Lipinski definition) is 2. The number of fused-ring (bicyclic) bond motifs is 1. The Balaban J connectivity index is 1.88. The van der Waals surface area contributed by atoms with Crippen LogP contribution in [0.25, 0.3) is 11.0 Å². The minimum atomic E-state index is -0.361. The van der Waals surface area contributed by atoms with Crippen molar-refractivity contribution in [3.05, 3.63) is 65.2 Å². The van der Waals surface area contributed by atoms with Gasteiger partial charge in [-0.2, -0.15) is 0 Å². The molecule has 0 fully saturated rings. The second-order valence-electron chi connectivity index (χ2n) is 6.34. The lowest BCUT2D eigenvalue weighted by Crippen LogP contribution is -2.32. The predicted molar refractivity (Wildman–Crippen MR) is 92.3 cm³/mol. The molecule has 1 aromatic heterocycles. The fourth-order valence-electron chi connectivity index (χ4n) is 2.67. The predicted octanol–water partition coefficient (Wildman–Crippen LogP) is 4.14. The molecule has 1 amide bonds. The van der Waals surface area contributed by atoms with Crippen molar-refractivity contribution in [2.75, 3.05) is 0 Å². The molecule has 3 rings (SSSR count). The lowest BCUT2D eigenvalue weighted by molar-refractivity contribution is 0.0923. The molecular formula is C19H20FN3O. The number of aromatic amines is 1. The Kier molecular flexibility index (Phi) is 4.34. The van der Waals surface area contributed by atoms with Gasteiger partial charge in [0.1, 0.15) is 11.6 Å². The summed E-state index contributed by atoms with van der Waals surface area (Å²) < 4.78 is 13.0. The van der Waals surface area contributed by atoms with Crippen molar-refractivity contribution in [2.24, 2.45) is 5.92 Å². The highest BCUT2D eigenvalue weighted by atomic mass is 19.1. The maximum Gasteiger partial charge on any atom is 0.251 e. The fraction of sp³-hybridized carbons (Fsp3) is 0.263. The Morgan fingerprint density at radius 1 is 1.17 bits per heavy atom. The average Bonchev–Trinajstić information content (AvgIpc) is 2.95. The molecule has 0 spiro atoms. The van der Waals surface area contributed by atoms with Crippen LogP contribution in [-0.4, -0.2) is 15.9 Å². The molecule has 0 bridgehead atoms. The summed E-state index contributed by atoms with van der Waals surface area (Å²) in [6.45, 7) is 6.07. The molecule has 0 unspecified atom stereocenters. The zero-order valence-electron chi connectivity index (χ0n) is 13.9. The van der Waals surface area contributed by atoms with Crippen molar-refractivity contribution in [1.29, 1.82) is 0 Å². The molecule has 2 N–H and O–H groups in total. The van der Waals surface area contributed by atoms with Gasteiger partial charge in [0, 0.05) is 5.56 Å². The Hall–Kier alpha value is -2.69. The van der Waals surface area contributed by atoms with Gasteiger partial charge in [0.2, 0.25) is 0 Å². The van der Waals surface area contributed by atoms with E-state index < -0.39 is 0 Å². The molecule has 0 radical (unpaired) electrons. The van der Waals surface area contributed by atoms with Crippen LogP contribution >= 0.6 is 0 Å². The van der Waals surface area contributed by atoms with Crippen LogP contribution in [0.3, 0.4) is 0 Å². The van der Waals surface area contributed by atoms with Gasteiger partial charge < -0.3 is 10.3 Å². The molecule has 24 heavy (non-hydrogen) atoms. The molecule has 0 saturated carbocycles. The van der Waals surface area contributed by atoms with Crippen LogP contribution in [0.4, 0.5) is 4.39 Å². The van der Waals surface area contributed by atoms with Crippen LogP contribution in [0.2, 0.25) is 0 Å². The van der Waals surface area contributed by atoms with E-state index in [4.69, 9.17) is 0 Å². The monoisotopic (exact) mass is 325 g/mol. The van der Waals surface area contributed by atoms with Gasteiger partial charge in [-0.3, -0.25) is 4.79 Å². The van der Waals surface area contributed by atoms with Crippen molar-refractivity contribution in [1.82, 2.24) is 15.3 Å². The fourth-order valence-corrected chi connectivity index (χ4v) is 2.67. The first kappa shape index (κ1) is 16.2. The third kappa shape index (κ3) is 3.30. The number of H-pyrrole nitrogens is 1. The van der Waals surface area contributed by atoms with Gasteiger partial charge in [-0.05, 0) is 54.8 Å². The number of amides is 1. The van der Waals surface area contributed by atoms with Crippen LogP contribution in [0.15, 0.2) is 42.5 Å². The number of nitrogens with zero attached hydrogens (tertiary/aromatic N) is 1. The van der Waals surface area contributed by atoms with Gasteiger partial charge in [0.05, 0.1) is 17.1 Å². The number of imidazole rings is 1. The lowest BCUT2D eigenvalue weighted by Gasteiger charge is -2.20. The van der Waals surface area contributed by atoms with Crippen molar-refractivity contribution in [3.8, 4) is 0 Å². The van der Waals surface area contributed by atoms with Gasteiger partial charge in [-0.25, -0.2) is 9.37 Å². The van der Waals surface area contributed by atoms with Crippen molar-refractivity contribution < 1.29 is 9.18 Å². The summed E-state index contributed by atoms with van der Waals surface area (Å²) in [5.41, 5.74) is 3.40. The van der Waals surface area contributed by atoms with Crippen molar-refractivity contribution >= 4 is 16.9 Å². The second kappa shape index (κ2) is 6.43. The smallest absolute Gasteiger partial charge is 0.251 e. The number of nitrogens with one attached hydrogen (secondary N) is 2. The largest absolute Gasteiger partial charge is 0.342 e. The highest BCUT2D eigenvalue weighted by Crippen LogP contribution is 2.23. The molecule has 0 saturated heterocycles. The Bertz CT molecular complexity index is 868. The Labute approximate surface area is 140 Å². The topological polar surface area (TPSA) is 57.8 Å². The summed E-state index contributed by atoms with van der Waals surface area (Å²) in [5.74, 6) is 0.266. The Morgan fingerprint density at radius 2 is 1.88 bits per heavy atom. The summed E-state index contributed by atoms with van der Waals surface area (Å²) in [7, 11) is 0. The van der Waals surface area contributed by atoms with Gasteiger partial charge in [0.15, 0.2) is 0 Å². The molecule has 1 atom stereocenters. The van der Waals surface area contributed by atoms with E-state index in [1.807, 2.05) is 39.0 Å². The van der Waals surface area contributed by atoms with Gasteiger partial charge in [-0.15, -0.1) is 0 Å². The van der Waals surface area contributed by atoms with E-state index in [-0.39, 0.29) is 23.7 Å². The quantitative estimate of drug-likeness (QED) is 0.757. The molecular weight excluding hydrogens is 305 g/mol. The highest BCUT2D eigenvalue weighted by Gasteiger charge is 2.22. The van der Waals surface area contributed by atoms with E-state index in [1.165, 1.54) is 24.3 Å². The first-order chi connectivity index (χ1) is 11.4. The highest BCUT2D eigenvalue weighted by molar-refractivity contribution is 5.94. The van der Waals surface area contributed by atoms with E-state index in [9.17, 15) is 9.18 Å². The molecule has 0 aliphatic carbocycles. The summed E-state index contributed by atoms with van der Waals surface area (Å²) >= 11 is 0. The zero-order chi connectivity index (χ0) is 17.3. The second-order valence-corrected chi connectivity index (χ2v) is 6.34. The first-order valence-electron chi connectivity index (χ1n) is 7.97. The van der Waals surface area contributed by atoms with Crippen LogP contribution < -0.4 is 5.32 Å². The van der Waals surface area contributed by atoms with Crippen LogP contribution in [-0.2, 0) is 0 Å². The SMILES string of the molecule is Cc1ccc2nc([C@@H](NC(=O)c3ccc(F)cc3)C(C)C)[nH]c2c1. The number of carbonyl (C=O) groups excluding carboxylic acids is 1. The number of rotatable bonds is 4. The molecule has 0 aliphatic heterocycles. The maximum absolute atomic E-state index is 13.0. The summed E-state index contributed by atoms with van der Waals surface area (Å²) in [4.78, 5) is 20.3. The van der Waals surface area contributed by atoms with E-state index in [2.05, 4.69) is 15.3 Å². The number of hydrogen-bond acceptors (Lipinski definition) is 2. The number of carbonyl (C=O) groups is 1. The molecule has 3 aromatic rings. The zero-order valence-corrected chi connectivity index (χ0v) is 13.9. The minimum Gasteiger partial charge on any atom is -0.342 e. The number of halogens is 1. The third-order valence-electron chi connectivity index (χ3n) is 4.01. The maximum atomic E-state index is 13.0. The third-order valence-corrected chi connectivity index (χ3v) is 4.01. The summed E-state index contributed by atoms with van der Waals surface area (Å²) in [6, 6.07) is 11.3. The normalized spacial score (nSPS) is 12.5. The van der Waals surface area contributed by atoms with E-state index >= 15 is 0 Å². The Morgan fingerprint density at radius 3 is 2.54 bits per heavy atom. The van der Waals surface area contributed by atoms with Crippen molar-refractivity contribution in [2.45, 2.75) is 26.8 Å². The van der Waals surface area contributed by atoms with Gasteiger partial charge >= 0.3 is 0 Å². The first-order valence-corrected chi connectivity index (χ1v) is 7.97. The van der Waals surface area contributed by atoms with E-state index in [0.717, 1.165) is 22.4 Å². The summed E-state index contributed by atoms with van der Waals surface area (Å²) in [6.07, 6.45) is 0. The van der Waals surface area contributed by atoms with Crippen molar-refractivity contribution in [3.63, 3.8) is 0 Å². The van der Waals surface area contributed by atoms with Crippen LogP contribution in [0.1, 0.15) is 41.6 Å². The molecule has 124 valence electrons. The molecule has 1 heterocycles. The van der Waals surface area contributed by atoms with Gasteiger partial charge in [0.25, 0.3) is 5.91 Å². The van der Waals surface area contributed by atoms with Crippen LogP contribution in [0, 0.1) is 18.7 Å². The summed E-state index contributed by atoms with van der Waals surface area (Å²) in [5, 5.41) is 2.99. The molecule has 0 aliphatic rings. The standard InChI is InChI=1S/C19H20FN3O/c1-11(2)17(23-19(24)13-5-7-14(20)8-6-13)18-21-15-9-4-12(3)10-16(15)22-18/h4-11,17H,1-3H3,(H,21,22)(H,23,24)/t17-/m0/s1. The average molecular weight is 325 g/mol. The number of benzene rings is 2. The molecule has 5 heteroatoms. The van der Waals surface area contributed by atoms with Gasteiger partial charge in [-0.1, -0.05) is 19.9 Å². The number of aryl methyl sites for hydroxylation is 1. The molecule has 2 aromatic carbocycles. The number of aromatic nitrogens is 2. The van der Waals surface area contributed by atoms with Crippen LogP contribution in [0.5, 0.6) is 0 Å². The van der Waals surface area contributed by atoms with E-state index in [1.54, 1.807) is 0 Å².